The number of amides is 2. The molecule has 0 spiro atoms. The number of likely N-dealkylation sites (tertiary alicyclic amines) is 2. The van der Waals surface area contributed by atoms with Crippen LogP contribution >= 0.6 is 0 Å². The molecule has 2 aromatic carbocycles. The second-order valence-corrected chi connectivity index (χ2v) is 17.5. The lowest BCUT2D eigenvalue weighted by Crippen LogP contribution is -2.60. The zero-order valence-electron chi connectivity index (χ0n) is 28.1. The van der Waals surface area contributed by atoms with Crippen LogP contribution < -0.4 is 10.2 Å². The largest absolute Gasteiger partial charge is 0.371 e. The van der Waals surface area contributed by atoms with Gasteiger partial charge in [0.1, 0.15) is 5.82 Å². The maximum atomic E-state index is 15.0. The van der Waals surface area contributed by atoms with Crippen molar-refractivity contribution in [1.82, 2.24) is 20.0 Å². The number of urea groups is 1. The van der Waals surface area contributed by atoms with Crippen LogP contribution in [-0.2, 0) is 15.3 Å². The molecule has 10 heteroatoms. The summed E-state index contributed by atoms with van der Waals surface area (Å²) in [5, 5.41) is 3.21. The van der Waals surface area contributed by atoms with Gasteiger partial charge >= 0.3 is 6.03 Å². The SMILES string of the molecule is CN(C)C(=O)N[C@H]1CCC[C@@H]1[C@](CN1CCC1)(c1cccc(F)c1)C1CCN(CC2CN(c3ccc(S(=O)(=O)C4CC4)cc3)C2)CC1. The van der Waals surface area contributed by atoms with Crippen LogP contribution in [0, 0.1) is 23.6 Å². The molecule has 2 amide bonds. The van der Waals surface area contributed by atoms with E-state index in [0.717, 1.165) is 109 Å². The van der Waals surface area contributed by atoms with Gasteiger partial charge < -0.3 is 24.9 Å². The Labute approximate surface area is 280 Å². The molecule has 256 valence electrons. The smallest absolute Gasteiger partial charge is 0.317 e. The number of rotatable bonds is 11. The van der Waals surface area contributed by atoms with Crippen LogP contribution in [0.4, 0.5) is 14.9 Å². The number of anilines is 1. The lowest BCUT2D eigenvalue weighted by Gasteiger charge is -2.54. The fourth-order valence-corrected chi connectivity index (χ4v) is 10.8. The van der Waals surface area contributed by atoms with Crippen LogP contribution in [0.2, 0.25) is 0 Å². The number of nitrogens with one attached hydrogen (secondary N) is 1. The second kappa shape index (κ2) is 13.3. The molecule has 0 bridgehead atoms. The summed E-state index contributed by atoms with van der Waals surface area (Å²) in [5.74, 6) is 1.09. The number of carbonyl (C=O) groups excluding carboxylic acids is 1. The fourth-order valence-electron chi connectivity index (χ4n) is 9.12. The quantitative estimate of drug-likeness (QED) is 0.365. The Bertz CT molecular complexity index is 1510. The van der Waals surface area contributed by atoms with Gasteiger partial charge in [0.05, 0.1) is 10.1 Å². The first-order valence-corrected chi connectivity index (χ1v) is 19.5. The van der Waals surface area contributed by atoms with Crippen molar-refractivity contribution in [2.24, 2.45) is 17.8 Å². The van der Waals surface area contributed by atoms with Crippen LogP contribution in [0.25, 0.3) is 0 Å². The van der Waals surface area contributed by atoms with Crippen LogP contribution in [-0.4, -0.2) is 107 Å². The Hall–Kier alpha value is -2.69. The third-order valence-electron chi connectivity index (χ3n) is 12.0. The summed E-state index contributed by atoms with van der Waals surface area (Å²) in [6.07, 6.45) is 8.03. The maximum Gasteiger partial charge on any atom is 0.317 e. The summed E-state index contributed by atoms with van der Waals surface area (Å²) >= 11 is 0. The van der Waals surface area contributed by atoms with Gasteiger partial charge in [-0.2, -0.15) is 0 Å². The Morgan fingerprint density at radius 1 is 0.915 bits per heavy atom. The van der Waals surface area contributed by atoms with Crippen LogP contribution in [0.1, 0.15) is 56.9 Å². The van der Waals surface area contributed by atoms with Gasteiger partial charge in [-0.3, -0.25) is 0 Å². The predicted octanol–water partition coefficient (Wildman–Crippen LogP) is 4.99. The highest BCUT2D eigenvalue weighted by Crippen LogP contribution is 2.51. The maximum absolute atomic E-state index is 15.0. The lowest BCUT2D eigenvalue weighted by atomic mass is 9.57. The zero-order valence-corrected chi connectivity index (χ0v) is 28.9. The van der Waals surface area contributed by atoms with Crippen molar-refractivity contribution < 1.29 is 17.6 Å². The first-order chi connectivity index (χ1) is 22.6. The van der Waals surface area contributed by atoms with E-state index in [1.54, 1.807) is 43.3 Å². The number of hydrogen-bond acceptors (Lipinski definition) is 6. The Balaban J connectivity index is 1.03. The Morgan fingerprint density at radius 3 is 2.26 bits per heavy atom. The first-order valence-electron chi connectivity index (χ1n) is 17.9. The van der Waals surface area contributed by atoms with E-state index in [-0.39, 0.29) is 34.5 Å². The van der Waals surface area contributed by atoms with Crippen LogP contribution in [0.3, 0.4) is 0 Å². The summed E-state index contributed by atoms with van der Waals surface area (Å²) in [6.45, 7) is 8.24. The van der Waals surface area contributed by atoms with Crippen molar-refractivity contribution in [1.29, 1.82) is 0 Å². The average Bonchev–Trinajstić information content (AvgIpc) is 3.79. The molecule has 5 fully saturated rings. The molecule has 2 aromatic rings. The topological polar surface area (TPSA) is 76.2 Å². The van der Waals surface area contributed by atoms with Gasteiger partial charge in [-0.25, -0.2) is 17.6 Å². The van der Waals surface area contributed by atoms with E-state index < -0.39 is 9.84 Å². The summed E-state index contributed by atoms with van der Waals surface area (Å²) < 4.78 is 40.2. The molecule has 1 N–H and O–H groups in total. The number of hydrogen-bond donors (Lipinski definition) is 1. The summed E-state index contributed by atoms with van der Waals surface area (Å²) in [4.78, 5) is 22.5. The van der Waals surface area contributed by atoms with Gasteiger partial charge in [0.15, 0.2) is 9.84 Å². The van der Waals surface area contributed by atoms with E-state index in [4.69, 9.17) is 0 Å². The molecule has 3 saturated heterocycles. The predicted molar refractivity (Wildman–Crippen MR) is 184 cm³/mol. The number of piperidine rings is 1. The van der Waals surface area contributed by atoms with E-state index >= 15 is 0 Å². The molecule has 47 heavy (non-hydrogen) atoms. The minimum Gasteiger partial charge on any atom is -0.371 e. The molecule has 0 aromatic heterocycles. The molecule has 3 atom stereocenters. The van der Waals surface area contributed by atoms with Gasteiger partial charge in [0, 0.05) is 63.3 Å². The molecule has 3 heterocycles. The van der Waals surface area contributed by atoms with Crippen LogP contribution in [0.15, 0.2) is 53.4 Å². The van der Waals surface area contributed by atoms with Gasteiger partial charge in [0.25, 0.3) is 0 Å². The molecular weight excluding hydrogens is 614 g/mol. The van der Waals surface area contributed by atoms with Gasteiger partial charge in [0.2, 0.25) is 0 Å². The molecule has 2 aliphatic carbocycles. The van der Waals surface area contributed by atoms with E-state index in [0.29, 0.717) is 16.7 Å². The standard InChI is InChI=1S/C37H52FN5O3S/c1-40(2)36(44)39-35-9-4-8-34(35)37(26-42-18-5-19-42,29-6-3-7-30(38)22-29)28-16-20-41(21-17-28)23-27-24-43(25-27)31-10-12-32(13-11-31)47(45,46)33-14-15-33/h3,6-7,10-13,22,27-28,33-35H,4-5,8-9,14-21,23-26H2,1-2H3,(H,39,44)/t34-,35-,37-/m0/s1. The fraction of sp³-hybridized carbons (Fsp3) is 0.649. The van der Waals surface area contributed by atoms with Gasteiger partial charge in [-0.15, -0.1) is 0 Å². The molecule has 5 aliphatic rings. The molecule has 3 aliphatic heterocycles. The third-order valence-corrected chi connectivity index (χ3v) is 14.3. The minimum atomic E-state index is -3.15. The second-order valence-electron chi connectivity index (χ2n) is 15.3. The summed E-state index contributed by atoms with van der Waals surface area (Å²) in [5.41, 5.74) is 2.00. The molecule has 0 unspecified atom stereocenters. The van der Waals surface area contributed by atoms with Crippen LogP contribution in [0.5, 0.6) is 0 Å². The van der Waals surface area contributed by atoms with E-state index in [1.165, 1.54) is 6.42 Å². The van der Waals surface area contributed by atoms with Crippen molar-refractivity contribution in [3.63, 3.8) is 0 Å². The average molecular weight is 666 g/mol. The molecule has 0 radical (unpaired) electrons. The number of carbonyl (C=O) groups is 1. The van der Waals surface area contributed by atoms with E-state index in [2.05, 4.69) is 26.1 Å². The number of sulfone groups is 1. The Morgan fingerprint density at radius 2 is 1.64 bits per heavy atom. The highest BCUT2D eigenvalue weighted by Gasteiger charge is 2.53. The number of benzene rings is 2. The molecule has 8 nitrogen and oxygen atoms in total. The Kier molecular flexibility index (Phi) is 9.30. The summed E-state index contributed by atoms with van der Waals surface area (Å²) in [6, 6.07) is 15.0. The van der Waals surface area contributed by atoms with Crippen molar-refractivity contribution in [2.45, 2.75) is 73.0 Å². The van der Waals surface area contributed by atoms with Crippen molar-refractivity contribution in [2.75, 3.05) is 71.4 Å². The van der Waals surface area contributed by atoms with Crippen molar-refractivity contribution >= 4 is 21.6 Å². The van der Waals surface area contributed by atoms with E-state index in [9.17, 15) is 17.6 Å². The highest BCUT2D eigenvalue weighted by atomic mass is 32.2. The lowest BCUT2D eigenvalue weighted by molar-refractivity contribution is 0.0230. The molecule has 7 rings (SSSR count). The summed E-state index contributed by atoms with van der Waals surface area (Å²) in [7, 11) is 0.449. The molecular formula is C37H52FN5O3S. The highest BCUT2D eigenvalue weighted by molar-refractivity contribution is 7.92. The van der Waals surface area contributed by atoms with Gasteiger partial charge in [-0.1, -0.05) is 18.6 Å². The first kappa shape index (κ1) is 32.8. The van der Waals surface area contributed by atoms with Crippen molar-refractivity contribution in [3.8, 4) is 0 Å². The van der Waals surface area contributed by atoms with Crippen molar-refractivity contribution in [3.05, 3.63) is 59.9 Å². The molecule has 2 saturated carbocycles. The minimum absolute atomic E-state index is 0.0393. The number of nitrogens with zero attached hydrogens (tertiary/aromatic N) is 4. The van der Waals surface area contributed by atoms with Gasteiger partial charge in [-0.05, 0) is 125 Å². The number of halogens is 1. The monoisotopic (exact) mass is 665 g/mol. The van der Waals surface area contributed by atoms with E-state index in [1.807, 2.05) is 18.2 Å². The normalized spacial score (nSPS) is 26.0. The zero-order chi connectivity index (χ0) is 32.8. The third kappa shape index (κ3) is 6.66.